The summed E-state index contributed by atoms with van der Waals surface area (Å²) >= 11 is 3.42. The zero-order valence-corrected chi connectivity index (χ0v) is 10.2. The Morgan fingerprint density at radius 1 is 1.47 bits per heavy atom. The zero-order valence-electron chi connectivity index (χ0n) is 7.81. The summed E-state index contributed by atoms with van der Waals surface area (Å²) < 4.78 is 0. The molecular weight excluding hydrogens is 281 g/mol. The van der Waals surface area contributed by atoms with Crippen molar-refractivity contribution >= 4 is 34.3 Å². The van der Waals surface area contributed by atoms with Crippen LogP contribution in [0, 0.1) is 0 Å². The highest BCUT2D eigenvalue weighted by Crippen LogP contribution is 2.29. The summed E-state index contributed by atoms with van der Waals surface area (Å²) in [6.45, 7) is 0. The lowest BCUT2D eigenvalue weighted by atomic mass is 9.96. The number of aliphatic carboxylic acids is 1. The molecule has 1 aromatic carbocycles. The molecule has 0 bridgehead atoms. The number of carbonyl (C=O) groups is 1. The molecule has 0 fully saturated rings. The van der Waals surface area contributed by atoms with Crippen molar-refractivity contribution < 1.29 is 9.90 Å². The van der Waals surface area contributed by atoms with Gasteiger partial charge in [0.15, 0.2) is 0 Å². The van der Waals surface area contributed by atoms with Gasteiger partial charge in [0, 0.05) is 0 Å². The van der Waals surface area contributed by atoms with Gasteiger partial charge >= 0.3 is 5.97 Å². The summed E-state index contributed by atoms with van der Waals surface area (Å²) in [4.78, 5) is 10.8. The molecule has 2 N–H and O–H groups in total. The van der Waals surface area contributed by atoms with E-state index in [9.17, 15) is 4.79 Å². The second-order valence-corrected chi connectivity index (χ2v) is 4.24. The van der Waals surface area contributed by atoms with E-state index in [0.29, 0.717) is 6.42 Å². The molecule has 15 heavy (non-hydrogen) atoms. The lowest BCUT2D eigenvalue weighted by Gasteiger charge is -2.27. The predicted octanol–water partition coefficient (Wildman–Crippen LogP) is 2.10. The highest BCUT2D eigenvalue weighted by molar-refractivity contribution is 9.09. The molecule has 1 aliphatic heterocycles. The highest BCUT2D eigenvalue weighted by Gasteiger charge is 2.28. The van der Waals surface area contributed by atoms with Crippen LogP contribution in [0.15, 0.2) is 24.3 Å². The summed E-state index contributed by atoms with van der Waals surface area (Å²) in [6, 6.07) is 7.37. The first-order valence-corrected chi connectivity index (χ1v) is 5.31. The largest absolute Gasteiger partial charge is 0.480 e. The molecule has 2 atom stereocenters. The SMILES string of the molecule is Cl.O=C(O)C1Cc2ccccc2C(Br)N1. The minimum atomic E-state index is -0.802. The third kappa shape index (κ3) is 2.51. The first-order valence-electron chi connectivity index (χ1n) is 4.39. The number of carboxylic acid groups (broad SMARTS) is 1. The van der Waals surface area contributed by atoms with E-state index >= 15 is 0 Å². The Kier molecular flexibility index (Phi) is 4.13. The fourth-order valence-corrected chi connectivity index (χ4v) is 2.44. The van der Waals surface area contributed by atoms with E-state index in [2.05, 4.69) is 21.2 Å². The Labute approximate surface area is 102 Å². The number of hydrogen-bond donors (Lipinski definition) is 2. The summed E-state index contributed by atoms with van der Waals surface area (Å²) in [7, 11) is 0. The minimum Gasteiger partial charge on any atom is -0.480 e. The van der Waals surface area contributed by atoms with Crippen molar-refractivity contribution in [2.24, 2.45) is 0 Å². The molecule has 0 aliphatic carbocycles. The normalized spacial score (nSPS) is 23.8. The quantitative estimate of drug-likeness (QED) is 0.615. The zero-order chi connectivity index (χ0) is 10.1. The molecule has 0 aromatic heterocycles. The first kappa shape index (κ1) is 12.5. The smallest absolute Gasteiger partial charge is 0.321 e. The fraction of sp³-hybridized carbons (Fsp3) is 0.300. The number of hydrogen-bond acceptors (Lipinski definition) is 2. The van der Waals surface area contributed by atoms with E-state index in [4.69, 9.17) is 5.11 Å². The number of rotatable bonds is 1. The van der Waals surface area contributed by atoms with Gasteiger partial charge in [-0.05, 0) is 17.5 Å². The predicted molar refractivity (Wildman–Crippen MR) is 63.6 cm³/mol. The number of benzene rings is 1. The molecule has 82 valence electrons. The van der Waals surface area contributed by atoms with Crippen molar-refractivity contribution in [3.63, 3.8) is 0 Å². The Morgan fingerprint density at radius 3 is 2.80 bits per heavy atom. The van der Waals surface area contributed by atoms with E-state index in [1.165, 1.54) is 0 Å². The van der Waals surface area contributed by atoms with Gasteiger partial charge in [-0.2, -0.15) is 0 Å². The average Bonchev–Trinajstić information content (AvgIpc) is 2.17. The van der Waals surface area contributed by atoms with Crippen LogP contribution in [0.4, 0.5) is 0 Å². The number of halogens is 2. The third-order valence-electron chi connectivity index (χ3n) is 2.40. The number of nitrogens with one attached hydrogen (secondary N) is 1. The average molecular weight is 293 g/mol. The van der Waals surface area contributed by atoms with E-state index in [1.54, 1.807) is 0 Å². The van der Waals surface area contributed by atoms with Gasteiger partial charge < -0.3 is 5.11 Å². The maximum absolute atomic E-state index is 10.8. The van der Waals surface area contributed by atoms with Crippen molar-refractivity contribution in [3.8, 4) is 0 Å². The molecule has 0 radical (unpaired) electrons. The molecule has 1 heterocycles. The molecule has 0 saturated heterocycles. The van der Waals surface area contributed by atoms with E-state index in [1.807, 2.05) is 24.3 Å². The van der Waals surface area contributed by atoms with Crippen molar-refractivity contribution in [1.82, 2.24) is 5.32 Å². The van der Waals surface area contributed by atoms with Crippen molar-refractivity contribution in [3.05, 3.63) is 35.4 Å². The molecule has 2 rings (SSSR count). The summed E-state index contributed by atoms with van der Waals surface area (Å²) in [6.07, 6.45) is 0.549. The van der Waals surface area contributed by atoms with Gasteiger partial charge in [0.2, 0.25) is 0 Å². The van der Waals surface area contributed by atoms with Crippen LogP contribution in [-0.2, 0) is 11.2 Å². The molecule has 5 heteroatoms. The fourth-order valence-electron chi connectivity index (χ4n) is 1.67. The minimum absolute atomic E-state index is 0. The van der Waals surface area contributed by atoms with Crippen molar-refractivity contribution in [2.45, 2.75) is 17.4 Å². The van der Waals surface area contributed by atoms with Gasteiger partial charge in [0.25, 0.3) is 0 Å². The lowest BCUT2D eigenvalue weighted by Crippen LogP contribution is -2.42. The van der Waals surface area contributed by atoms with Gasteiger partial charge in [-0.15, -0.1) is 12.4 Å². The van der Waals surface area contributed by atoms with Crippen LogP contribution >= 0.6 is 28.3 Å². The van der Waals surface area contributed by atoms with E-state index in [-0.39, 0.29) is 17.4 Å². The Hall–Kier alpha value is -0.580. The molecule has 1 aliphatic rings. The topological polar surface area (TPSA) is 49.3 Å². The Morgan fingerprint density at radius 2 is 2.13 bits per heavy atom. The number of alkyl halides is 1. The molecule has 0 amide bonds. The van der Waals surface area contributed by atoms with Crippen LogP contribution < -0.4 is 5.32 Å². The summed E-state index contributed by atoms with van der Waals surface area (Å²) in [5.74, 6) is -0.802. The Bertz CT molecular complexity index is 372. The second-order valence-electron chi connectivity index (χ2n) is 3.32. The molecule has 0 saturated carbocycles. The number of carboxylic acids is 1. The van der Waals surface area contributed by atoms with Crippen LogP contribution in [0.1, 0.15) is 16.1 Å². The molecule has 0 spiro atoms. The third-order valence-corrected chi connectivity index (χ3v) is 3.16. The lowest BCUT2D eigenvalue weighted by molar-refractivity contribution is -0.139. The summed E-state index contributed by atoms with van der Waals surface area (Å²) in [5.41, 5.74) is 2.23. The second kappa shape index (κ2) is 4.96. The van der Waals surface area contributed by atoms with Crippen LogP contribution in [0.3, 0.4) is 0 Å². The van der Waals surface area contributed by atoms with Crippen molar-refractivity contribution in [2.75, 3.05) is 0 Å². The van der Waals surface area contributed by atoms with Gasteiger partial charge in [-0.3, -0.25) is 10.1 Å². The van der Waals surface area contributed by atoms with Crippen molar-refractivity contribution in [1.29, 1.82) is 0 Å². The number of fused-ring (bicyclic) bond motifs is 1. The maximum Gasteiger partial charge on any atom is 0.321 e. The molecule has 2 unspecified atom stereocenters. The van der Waals surface area contributed by atoms with Crippen LogP contribution in [0.5, 0.6) is 0 Å². The molecule has 3 nitrogen and oxygen atoms in total. The van der Waals surface area contributed by atoms with E-state index < -0.39 is 12.0 Å². The first-order chi connectivity index (χ1) is 6.68. The van der Waals surface area contributed by atoms with Gasteiger partial charge in [0.1, 0.15) is 6.04 Å². The molecular formula is C10H11BrClNO2. The standard InChI is InChI=1S/C10H10BrNO2.ClH/c11-9-7-4-2-1-3-6(7)5-8(12-9)10(13)14;/h1-4,8-9,12H,5H2,(H,13,14);1H. The van der Waals surface area contributed by atoms with Gasteiger partial charge in [-0.25, -0.2) is 0 Å². The summed E-state index contributed by atoms with van der Waals surface area (Å²) in [5, 5.41) is 11.9. The van der Waals surface area contributed by atoms with E-state index in [0.717, 1.165) is 11.1 Å². The monoisotopic (exact) mass is 291 g/mol. The van der Waals surface area contributed by atoms with Crippen LogP contribution in [0.2, 0.25) is 0 Å². The Balaban J connectivity index is 0.00000112. The maximum atomic E-state index is 10.8. The van der Waals surface area contributed by atoms with Crippen LogP contribution in [0.25, 0.3) is 0 Å². The van der Waals surface area contributed by atoms with Gasteiger partial charge in [-0.1, -0.05) is 40.2 Å². The van der Waals surface area contributed by atoms with Crippen LogP contribution in [-0.4, -0.2) is 17.1 Å². The van der Waals surface area contributed by atoms with Gasteiger partial charge in [0.05, 0.1) is 4.95 Å². The molecule has 1 aromatic rings. The highest BCUT2D eigenvalue weighted by atomic mass is 79.9.